The number of carbonyl (C=O) groups excluding carboxylic acids is 1. The molecule has 1 heterocycles. The molecule has 3 aromatic rings. The summed E-state index contributed by atoms with van der Waals surface area (Å²) in [6.45, 7) is 2.32. The molecular weight excluding hydrogens is 436 g/mol. The minimum atomic E-state index is -1.03. The first kappa shape index (κ1) is 23.4. The zero-order valence-corrected chi connectivity index (χ0v) is 18.9. The van der Waals surface area contributed by atoms with Gasteiger partial charge in [0, 0.05) is 12.5 Å². The molecule has 4 N–H and O–H groups in total. The molecule has 0 aliphatic heterocycles. The molecule has 2 aromatic carbocycles. The molecule has 0 fully saturated rings. The Kier molecular flexibility index (Phi) is 7.17. The molecule has 1 aromatic heterocycles. The second kappa shape index (κ2) is 10.4. The Balaban J connectivity index is 1.24. The fraction of sp³-hybridized carbons (Fsp3) is 0.375. The van der Waals surface area contributed by atoms with Crippen LogP contribution in [0.2, 0.25) is 0 Å². The van der Waals surface area contributed by atoms with Crippen LogP contribution in [0.4, 0.5) is 4.79 Å². The average molecular weight is 465 g/mol. The highest BCUT2D eigenvalue weighted by molar-refractivity contribution is 5.79. The highest BCUT2D eigenvalue weighted by Crippen LogP contribution is 2.44. The monoisotopic (exact) mass is 464 g/mol. The summed E-state index contributed by atoms with van der Waals surface area (Å²) in [6.07, 6.45) is 0.964. The van der Waals surface area contributed by atoms with Gasteiger partial charge in [0.15, 0.2) is 11.9 Å². The number of alkyl carbamates (subject to hydrolysis) is 1. The number of nitrogens with one attached hydrogen (secondary N) is 1. The number of hydrogen-bond donors (Lipinski definition) is 3. The van der Waals surface area contributed by atoms with E-state index in [4.69, 9.17) is 10.5 Å². The smallest absolute Gasteiger partial charge is 0.407 e. The molecule has 34 heavy (non-hydrogen) atoms. The van der Waals surface area contributed by atoms with Crippen molar-refractivity contribution in [3.05, 3.63) is 65.5 Å². The third-order valence-corrected chi connectivity index (χ3v) is 6.02. The second-order valence-electron chi connectivity index (χ2n) is 8.37. The van der Waals surface area contributed by atoms with Crippen molar-refractivity contribution in [3.63, 3.8) is 0 Å². The van der Waals surface area contributed by atoms with E-state index in [1.807, 2.05) is 24.3 Å². The number of unbranched alkanes of at least 4 members (excludes halogenated alkanes) is 1. The van der Waals surface area contributed by atoms with Gasteiger partial charge in [0.25, 0.3) is 0 Å². The van der Waals surface area contributed by atoms with Gasteiger partial charge in [0.1, 0.15) is 6.61 Å². The number of carbonyl (C=O) groups is 2. The number of benzene rings is 2. The first-order valence-electron chi connectivity index (χ1n) is 11.3. The molecule has 10 heteroatoms. The van der Waals surface area contributed by atoms with E-state index in [1.54, 1.807) is 6.92 Å². The summed E-state index contributed by atoms with van der Waals surface area (Å²) in [6, 6.07) is 14.9. The van der Waals surface area contributed by atoms with Gasteiger partial charge in [0.05, 0.1) is 6.04 Å². The number of nitrogens with two attached hydrogens (primary N) is 1. The Hall–Kier alpha value is -3.79. The van der Waals surface area contributed by atoms with Crippen molar-refractivity contribution in [2.45, 2.75) is 44.2 Å². The van der Waals surface area contributed by atoms with E-state index < -0.39 is 24.1 Å². The number of hydrogen-bond acceptors (Lipinski definition) is 7. The van der Waals surface area contributed by atoms with Crippen molar-refractivity contribution < 1.29 is 19.4 Å². The Morgan fingerprint density at radius 2 is 1.76 bits per heavy atom. The minimum Gasteiger partial charge on any atom is -0.480 e. The minimum absolute atomic E-state index is 0.00453. The predicted molar refractivity (Wildman–Crippen MR) is 124 cm³/mol. The number of carboxylic acid groups (broad SMARTS) is 1. The van der Waals surface area contributed by atoms with Crippen LogP contribution in [0.1, 0.15) is 61.1 Å². The molecule has 0 bridgehead atoms. The summed E-state index contributed by atoms with van der Waals surface area (Å²) in [7, 11) is 0. The normalized spacial score (nSPS) is 14.2. The van der Waals surface area contributed by atoms with Crippen molar-refractivity contribution in [1.82, 2.24) is 25.5 Å². The standard InChI is InChI=1S/C24H28N6O4/c1-15(25)22-27-28-29-30(22)21(23(31)32)12-6-7-13-26-24(33)34-14-20-18-10-4-2-8-16(18)17-9-3-5-11-19(17)20/h2-5,8-11,15,20-21H,6-7,12-14,25H2,1H3,(H,26,33)(H,31,32)/t15-,21-/m0/s1. The van der Waals surface area contributed by atoms with Gasteiger partial charge in [-0.15, -0.1) is 5.10 Å². The Bertz CT molecular complexity index is 1120. The maximum Gasteiger partial charge on any atom is 0.407 e. The van der Waals surface area contributed by atoms with Crippen molar-refractivity contribution in [3.8, 4) is 11.1 Å². The number of carboxylic acids is 1. The molecule has 0 saturated heterocycles. The SMILES string of the molecule is C[C@H](N)c1nnnn1[C@@H](CCCCNC(=O)OCC1c2ccccc2-c2ccccc21)C(=O)O. The lowest BCUT2D eigenvalue weighted by Crippen LogP contribution is -2.28. The van der Waals surface area contributed by atoms with Crippen LogP contribution in [0.15, 0.2) is 48.5 Å². The van der Waals surface area contributed by atoms with E-state index in [9.17, 15) is 14.7 Å². The summed E-state index contributed by atoms with van der Waals surface area (Å²) in [5.74, 6) is -0.701. The lowest BCUT2D eigenvalue weighted by Gasteiger charge is -2.16. The average Bonchev–Trinajstić information content (AvgIpc) is 3.43. The molecule has 4 rings (SSSR count). The third-order valence-electron chi connectivity index (χ3n) is 6.02. The molecule has 1 amide bonds. The fourth-order valence-corrected chi connectivity index (χ4v) is 4.38. The van der Waals surface area contributed by atoms with Gasteiger partial charge < -0.3 is 20.9 Å². The lowest BCUT2D eigenvalue weighted by molar-refractivity contribution is -0.141. The largest absolute Gasteiger partial charge is 0.480 e. The molecule has 2 atom stereocenters. The van der Waals surface area contributed by atoms with Crippen LogP contribution in [0.3, 0.4) is 0 Å². The Labute approximate surface area is 197 Å². The number of fused-ring (bicyclic) bond motifs is 3. The number of nitrogens with zero attached hydrogens (tertiary/aromatic N) is 4. The quantitative estimate of drug-likeness (QED) is 0.388. The molecule has 0 unspecified atom stereocenters. The van der Waals surface area contributed by atoms with Crippen molar-refractivity contribution in [2.75, 3.05) is 13.2 Å². The van der Waals surface area contributed by atoms with Gasteiger partial charge in [0.2, 0.25) is 0 Å². The van der Waals surface area contributed by atoms with Crippen LogP contribution >= 0.6 is 0 Å². The number of amides is 1. The second-order valence-corrected chi connectivity index (χ2v) is 8.37. The zero-order chi connectivity index (χ0) is 24.1. The molecule has 0 spiro atoms. The Morgan fingerprint density at radius 1 is 1.12 bits per heavy atom. The van der Waals surface area contributed by atoms with Gasteiger partial charge in [-0.25, -0.2) is 14.3 Å². The number of tetrazole rings is 1. The topological polar surface area (TPSA) is 145 Å². The van der Waals surface area contributed by atoms with E-state index in [-0.39, 0.29) is 12.5 Å². The highest BCUT2D eigenvalue weighted by atomic mass is 16.5. The number of rotatable bonds is 10. The van der Waals surface area contributed by atoms with E-state index in [0.717, 1.165) is 11.1 Å². The Morgan fingerprint density at radius 3 is 2.38 bits per heavy atom. The van der Waals surface area contributed by atoms with Crippen molar-refractivity contribution in [2.24, 2.45) is 5.73 Å². The summed E-state index contributed by atoms with van der Waals surface area (Å²) in [4.78, 5) is 23.9. The zero-order valence-electron chi connectivity index (χ0n) is 18.9. The summed E-state index contributed by atoms with van der Waals surface area (Å²) in [5.41, 5.74) is 10.5. The summed E-state index contributed by atoms with van der Waals surface area (Å²) < 4.78 is 6.77. The van der Waals surface area contributed by atoms with E-state index in [0.29, 0.717) is 31.6 Å². The molecule has 1 aliphatic rings. The van der Waals surface area contributed by atoms with E-state index >= 15 is 0 Å². The molecule has 1 aliphatic carbocycles. The van der Waals surface area contributed by atoms with Gasteiger partial charge in [-0.05, 0) is 58.9 Å². The van der Waals surface area contributed by atoms with Gasteiger partial charge in [-0.2, -0.15) is 0 Å². The molecule has 178 valence electrons. The highest BCUT2D eigenvalue weighted by Gasteiger charge is 2.29. The van der Waals surface area contributed by atoms with Crippen LogP contribution in [0, 0.1) is 0 Å². The molecule has 0 saturated carbocycles. The van der Waals surface area contributed by atoms with Gasteiger partial charge in [-0.1, -0.05) is 48.5 Å². The van der Waals surface area contributed by atoms with Crippen molar-refractivity contribution >= 4 is 12.1 Å². The van der Waals surface area contributed by atoms with Gasteiger partial charge in [-0.3, -0.25) is 0 Å². The first-order chi connectivity index (χ1) is 16.5. The van der Waals surface area contributed by atoms with Crippen LogP contribution in [-0.4, -0.2) is 50.5 Å². The molecule has 10 nitrogen and oxygen atoms in total. The van der Waals surface area contributed by atoms with Crippen LogP contribution in [0.25, 0.3) is 11.1 Å². The fourth-order valence-electron chi connectivity index (χ4n) is 4.38. The number of ether oxygens (including phenoxy) is 1. The van der Waals surface area contributed by atoms with Crippen LogP contribution in [0.5, 0.6) is 0 Å². The van der Waals surface area contributed by atoms with Crippen molar-refractivity contribution in [1.29, 1.82) is 0 Å². The van der Waals surface area contributed by atoms with Gasteiger partial charge >= 0.3 is 12.1 Å². The number of aromatic nitrogens is 4. The van der Waals surface area contributed by atoms with Crippen LogP contribution in [-0.2, 0) is 9.53 Å². The summed E-state index contributed by atoms with van der Waals surface area (Å²) >= 11 is 0. The molecular formula is C24H28N6O4. The maximum absolute atomic E-state index is 12.3. The lowest BCUT2D eigenvalue weighted by atomic mass is 9.98. The maximum atomic E-state index is 12.3. The first-order valence-corrected chi connectivity index (χ1v) is 11.3. The summed E-state index contributed by atoms with van der Waals surface area (Å²) in [5, 5.41) is 23.4. The van der Waals surface area contributed by atoms with Crippen LogP contribution < -0.4 is 11.1 Å². The van der Waals surface area contributed by atoms with E-state index in [1.165, 1.54) is 15.8 Å². The van der Waals surface area contributed by atoms with E-state index in [2.05, 4.69) is 45.1 Å². The number of aliphatic carboxylic acids is 1. The molecule has 0 radical (unpaired) electrons. The predicted octanol–water partition coefficient (Wildman–Crippen LogP) is 3.03. The third kappa shape index (κ3) is 4.91.